The number of amides is 2. The minimum atomic E-state index is -0.378. The molecule has 146 valence electrons. The second-order valence-electron chi connectivity index (χ2n) is 6.95. The molecule has 27 heavy (non-hydrogen) atoms. The average molecular weight is 372 g/mol. The van der Waals surface area contributed by atoms with Gasteiger partial charge in [0.25, 0.3) is 0 Å². The van der Waals surface area contributed by atoms with Crippen molar-refractivity contribution in [2.24, 2.45) is 11.8 Å². The van der Waals surface area contributed by atoms with Gasteiger partial charge in [0.2, 0.25) is 11.8 Å². The number of carbonyl (C=O) groups excluding carboxylic acids is 3. The van der Waals surface area contributed by atoms with Gasteiger partial charge in [-0.3, -0.25) is 9.59 Å². The van der Waals surface area contributed by atoms with Crippen LogP contribution in [-0.4, -0.2) is 42.4 Å². The normalized spacial score (nSPS) is 15.2. The molecule has 2 rings (SSSR count). The van der Waals surface area contributed by atoms with E-state index in [-0.39, 0.29) is 29.6 Å². The molecule has 0 saturated carbocycles. The van der Waals surface area contributed by atoms with Crippen molar-refractivity contribution in [3.63, 3.8) is 0 Å². The smallest absolute Gasteiger partial charge is 0.330 e. The fourth-order valence-electron chi connectivity index (χ4n) is 3.00. The number of carbonyl (C=O) groups is 3. The van der Waals surface area contributed by atoms with Crippen LogP contribution in [0.15, 0.2) is 30.3 Å². The van der Waals surface area contributed by atoms with Crippen LogP contribution in [0.1, 0.15) is 39.2 Å². The quantitative estimate of drug-likeness (QED) is 0.615. The average Bonchev–Trinajstić information content (AvgIpc) is 2.67. The summed E-state index contributed by atoms with van der Waals surface area (Å²) < 4.78 is 4.84. The van der Waals surface area contributed by atoms with Gasteiger partial charge in [-0.15, -0.1) is 0 Å². The first-order valence-electron chi connectivity index (χ1n) is 9.45. The monoisotopic (exact) mass is 372 g/mol. The standard InChI is InChI=1S/C21H28N2O4/c1-4-27-19(24)10-7-16-5-8-18(9-6-16)22-20(25)17-11-13-23(14-12-17)21(26)15(2)3/h5-10,15,17H,4,11-14H2,1-3H3,(H,22,25)/b10-7+. The zero-order valence-electron chi connectivity index (χ0n) is 16.2. The number of nitrogens with one attached hydrogen (secondary N) is 1. The zero-order chi connectivity index (χ0) is 19.8. The number of rotatable bonds is 6. The summed E-state index contributed by atoms with van der Waals surface area (Å²) in [6.45, 7) is 7.16. The maximum Gasteiger partial charge on any atom is 0.330 e. The third kappa shape index (κ3) is 6.24. The van der Waals surface area contributed by atoms with Crippen molar-refractivity contribution >= 4 is 29.5 Å². The molecule has 6 heteroatoms. The van der Waals surface area contributed by atoms with Gasteiger partial charge in [-0.25, -0.2) is 4.79 Å². The Bertz CT molecular complexity index is 687. The molecule has 0 radical (unpaired) electrons. The molecule has 1 heterocycles. The van der Waals surface area contributed by atoms with E-state index < -0.39 is 0 Å². The highest BCUT2D eigenvalue weighted by atomic mass is 16.5. The molecule has 0 unspecified atom stereocenters. The van der Waals surface area contributed by atoms with Crippen molar-refractivity contribution in [3.8, 4) is 0 Å². The number of anilines is 1. The van der Waals surface area contributed by atoms with Crippen LogP contribution in [0.4, 0.5) is 5.69 Å². The van der Waals surface area contributed by atoms with E-state index in [1.165, 1.54) is 6.08 Å². The number of hydrogen-bond acceptors (Lipinski definition) is 4. The number of benzene rings is 1. The van der Waals surface area contributed by atoms with Gasteiger partial charge in [0.15, 0.2) is 0 Å². The Morgan fingerprint density at radius 1 is 1.19 bits per heavy atom. The van der Waals surface area contributed by atoms with Crippen molar-refractivity contribution in [1.82, 2.24) is 4.90 Å². The molecule has 0 aliphatic carbocycles. The first-order valence-corrected chi connectivity index (χ1v) is 9.45. The van der Waals surface area contributed by atoms with Crippen molar-refractivity contribution in [1.29, 1.82) is 0 Å². The number of ether oxygens (including phenoxy) is 1. The number of piperidine rings is 1. The molecule has 0 bridgehead atoms. The van der Waals surface area contributed by atoms with Crippen LogP contribution in [0.5, 0.6) is 0 Å². The maximum atomic E-state index is 12.5. The van der Waals surface area contributed by atoms with Gasteiger partial charge in [0.1, 0.15) is 0 Å². The Labute approximate surface area is 160 Å². The van der Waals surface area contributed by atoms with Crippen LogP contribution in [-0.2, 0) is 19.1 Å². The second-order valence-corrected chi connectivity index (χ2v) is 6.95. The number of likely N-dealkylation sites (tertiary alicyclic amines) is 1. The van der Waals surface area contributed by atoms with Crippen LogP contribution in [0.3, 0.4) is 0 Å². The SMILES string of the molecule is CCOC(=O)/C=C/c1ccc(NC(=O)C2CCN(C(=O)C(C)C)CC2)cc1. The van der Waals surface area contributed by atoms with Crippen molar-refractivity contribution in [2.75, 3.05) is 25.0 Å². The predicted molar refractivity (Wildman–Crippen MR) is 105 cm³/mol. The van der Waals surface area contributed by atoms with Crippen LogP contribution >= 0.6 is 0 Å². The lowest BCUT2D eigenvalue weighted by Crippen LogP contribution is -2.43. The van der Waals surface area contributed by atoms with E-state index in [2.05, 4.69) is 5.32 Å². The molecule has 1 fully saturated rings. The van der Waals surface area contributed by atoms with E-state index >= 15 is 0 Å². The maximum absolute atomic E-state index is 12.5. The molecule has 1 aliphatic heterocycles. The predicted octanol–water partition coefficient (Wildman–Crippen LogP) is 3.10. The molecule has 1 aromatic rings. The molecule has 0 spiro atoms. The minimum absolute atomic E-state index is 0.00762. The minimum Gasteiger partial charge on any atom is -0.463 e. The lowest BCUT2D eigenvalue weighted by atomic mass is 9.95. The highest BCUT2D eigenvalue weighted by molar-refractivity contribution is 5.93. The molecule has 0 atom stereocenters. The van der Waals surface area contributed by atoms with Gasteiger partial charge in [0, 0.05) is 36.7 Å². The topological polar surface area (TPSA) is 75.7 Å². The summed E-state index contributed by atoms with van der Waals surface area (Å²) in [5, 5.41) is 2.93. The molecule has 2 amide bonds. The van der Waals surface area contributed by atoms with Gasteiger partial charge >= 0.3 is 5.97 Å². The largest absolute Gasteiger partial charge is 0.463 e. The van der Waals surface area contributed by atoms with Crippen molar-refractivity contribution in [3.05, 3.63) is 35.9 Å². The first kappa shape index (κ1) is 20.7. The van der Waals surface area contributed by atoms with Gasteiger partial charge in [-0.2, -0.15) is 0 Å². The van der Waals surface area contributed by atoms with Gasteiger partial charge in [-0.1, -0.05) is 26.0 Å². The van der Waals surface area contributed by atoms with Crippen LogP contribution in [0, 0.1) is 11.8 Å². The Balaban J connectivity index is 1.84. The zero-order valence-corrected chi connectivity index (χ0v) is 16.2. The lowest BCUT2D eigenvalue weighted by molar-refractivity contribution is -0.137. The Hall–Kier alpha value is -2.63. The van der Waals surface area contributed by atoms with Gasteiger partial charge in [-0.05, 0) is 43.5 Å². The van der Waals surface area contributed by atoms with Gasteiger partial charge in [0.05, 0.1) is 6.61 Å². The summed E-state index contributed by atoms with van der Waals surface area (Å²) >= 11 is 0. The lowest BCUT2D eigenvalue weighted by Gasteiger charge is -2.32. The van der Waals surface area contributed by atoms with Crippen LogP contribution in [0.2, 0.25) is 0 Å². The van der Waals surface area contributed by atoms with E-state index in [1.54, 1.807) is 25.1 Å². The first-order chi connectivity index (χ1) is 12.9. The van der Waals surface area contributed by atoms with E-state index in [0.29, 0.717) is 38.2 Å². The fourth-order valence-corrected chi connectivity index (χ4v) is 3.00. The molecular weight excluding hydrogens is 344 g/mol. The van der Waals surface area contributed by atoms with E-state index in [1.807, 2.05) is 30.9 Å². The Morgan fingerprint density at radius 2 is 1.81 bits per heavy atom. The summed E-state index contributed by atoms with van der Waals surface area (Å²) in [6.07, 6.45) is 4.42. The molecular formula is C21H28N2O4. The molecule has 0 aromatic heterocycles. The molecule has 1 aliphatic rings. The van der Waals surface area contributed by atoms with Crippen molar-refractivity contribution < 1.29 is 19.1 Å². The van der Waals surface area contributed by atoms with E-state index in [0.717, 1.165) is 5.56 Å². The number of esters is 1. The summed E-state index contributed by atoms with van der Waals surface area (Å²) in [7, 11) is 0. The Morgan fingerprint density at radius 3 is 2.37 bits per heavy atom. The fraction of sp³-hybridized carbons (Fsp3) is 0.476. The Kier molecular flexibility index (Phi) is 7.58. The third-order valence-corrected chi connectivity index (χ3v) is 4.55. The molecule has 6 nitrogen and oxygen atoms in total. The molecule has 1 aromatic carbocycles. The van der Waals surface area contributed by atoms with E-state index in [4.69, 9.17) is 4.74 Å². The number of nitrogens with zero attached hydrogens (tertiary/aromatic N) is 1. The highest BCUT2D eigenvalue weighted by Crippen LogP contribution is 2.21. The second kappa shape index (κ2) is 9.90. The highest BCUT2D eigenvalue weighted by Gasteiger charge is 2.28. The number of hydrogen-bond donors (Lipinski definition) is 1. The summed E-state index contributed by atoms with van der Waals surface area (Å²) in [5.74, 6) is -0.324. The molecule has 1 saturated heterocycles. The van der Waals surface area contributed by atoms with Crippen LogP contribution < -0.4 is 5.32 Å². The van der Waals surface area contributed by atoms with Gasteiger partial charge < -0.3 is 15.0 Å². The van der Waals surface area contributed by atoms with Crippen LogP contribution in [0.25, 0.3) is 6.08 Å². The third-order valence-electron chi connectivity index (χ3n) is 4.55. The summed E-state index contributed by atoms with van der Waals surface area (Å²) in [4.78, 5) is 37.6. The van der Waals surface area contributed by atoms with E-state index in [9.17, 15) is 14.4 Å². The molecule has 1 N–H and O–H groups in total. The summed E-state index contributed by atoms with van der Waals surface area (Å²) in [6, 6.07) is 7.27. The van der Waals surface area contributed by atoms with Crippen molar-refractivity contribution in [2.45, 2.75) is 33.6 Å². The summed E-state index contributed by atoms with van der Waals surface area (Å²) in [5.41, 5.74) is 1.57.